The summed E-state index contributed by atoms with van der Waals surface area (Å²) in [5.41, 5.74) is -0.382. The van der Waals surface area contributed by atoms with Crippen LogP contribution >= 0.6 is 45.9 Å². The first kappa shape index (κ1) is 27.3. The summed E-state index contributed by atoms with van der Waals surface area (Å²) in [5.74, 6) is -1.34. The smallest absolute Gasteiger partial charge is 0.263 e. The summed E-state index contributed by atoms with van der Waals surface area (Å²) < 4.78 is 28.5. The quantitative estimate of drug-likeness (QED) is 0.243. The van der Waals surface area contributed by atoms with E-state index in [1.54, 1.807) is 12.1 Å². The molecule has 5 rings (SSSR count). The highest BCUT2D eigenvalue weighted by atomic mass is 35.5. The van der Waals surface area contributed by atoms with Gasteiger partial charge in [0.05, 0.1) is 10.0 Å². The third kappa shape index (κ3) is 5.41. The van der Waals surface area contributed by atoms with Gasteiger partial charge >= 0.3 is 0 Å². The van der Waals surface area contributed by atoms with Crippen LogP contribution in [0.5, 0.6) is 0 Å². The largest absolute Gasteiger partial charge is 0.351 e. The molecule has 0 aliphatic heterocycles. The van der Waals surface area contributed by atoms with Crippen molar-refractivity contribution in [3.8, 4) is 0 Å². The number of hydrogen-bond donors (Lipinski definition) is 2. The maximum absolute atomic E-state index is 13.7. The van der Waals surface area contributed by atoms with Crippen LogP contribution in [0.15, 0.2) is 36.4 Å². The third-order valence-electron chi connectivity index (χ3n) is 7.05. The van der Waals surface area contributed by atoms with Gasteiger partial charge in [0.25, 0.3) is 11.8 Å². The summed E-state index contributed by atoms with van der Waals surface area (Å²) in [6, 6.07) is 8.44. The molecule has 1 aliphatic carbocycles. The SMILES string of the molecule is CC1(C)C[C@H](NC(=O)c2sc3cc(F)ccc3c2Cl)C[C@@](C)(CNC(=O)c2sc3cc(F)ccc3c2Cl)C1. The predicted molar refractivity (Wildman–Crippen MR) is 153 cm³/mol. The minimum atomic E-state index is -0.378. The molecule has 2 aromatic heterocycles. The molecule has 0 radical (unpaired) electrons. The highest BCUT2D eigenvalue weighted by molar-refractivity contribution is 7.22. The highest BCUT2D eigenvalue weighted by Gasteiger charge is 2.42. The lowest BCUT2D eigenvalue weighted by molar-refractivity contribution is 0.0594. The molecular weight excluding hydrogens is 569 g/mol. The Morgan fingerprint density at radius 3 is 1.97 bits per heavy atom. The lowest BCUT2D eigenvalue weighted by atomic mass is 9.62. The van der Waals surface area contributed by atoms with E-state index in [0.717, 1.165) is 12.8 Å². The van der Waals surface area contributed by atoms with Crippen molar-refractivity contribution in [2.45, 2.75) is 46.1 Å². The van der Waals surface area contributed by atoms with Gasteiger partial charge in [-0.25, -0.2) is 8.78 Å². The number of hydrogen-bond acceptors (Lipinski definition) is 4. The third-order valence-corrected chi connectivity index (χ3v) is 10.4. The number of halogens is 4. The Balaban J connectivity index is 1.30. The van der Waals surface area contributed by atoms with Crippen molar-refractivity contribution in [3.63, 3.8) is 0 Å². The van der Waals surface area contributed by atoms with Gasteiger partial charge in [0.2, 0.25) is 0 Å². The number of thiophene rings is 2. The van der Waals surface area contributed by atoms with E-state index >= 15 is 0 Å². The van der Waals surface area contributed by atoms with E-state index in [1.807, 2.05) is 0 Å². The monoisotopic (exact) mass is 594 g/mol. The fourth-order valence-corrected chi connectivity index (χ4v) is 8.77. The van der Waals surface area contributed by atoms with Gasteiger partial charge in [-0.2, -0.15) is 0 Å². The van der Waals surface area contributed by atoms with Crippen LogP contribution in [0.2, 0.25) is 10.0 Å². The molecule has 2 amide bonds. The Morgan fingerprint density at radius 2 is 1.42 bits per heavy atom. The molecule has 2 N–H and O–H groups in total. The summed E-state index contributed by atoms with van der Waals surface area (Å²) in [6.07, 6.45) is 2.28. The Hall–Kier alpha value is -2.26. The van der Waals surface area contributed by atoms with Gasteiger partial charge in [0.1, 0.15) is 21.4 Å². The standard InChI is InChI=1S/C28H26Cl2F2N2O2S2/c1-27(2)10-16(34-26(36)24-22(30)18-7-5-15(32)9-20(18)38-24)11-28(3,12-27)13-33-25(35)23-21(29)17-6-4-14(31)8-19(17)37-23/h4-9,16H,10-13H2,1-3H3,(H,33,35)(H,34,36)/t16-,28+/m0/s1. The molecule has 0 spiro atoms. The molecule has 200 valence electrons. The Bertz CT molecular complexity index is 1580. The van der Waals surface area contributed by atoms with Crippen molar-refractivity contribution >= 4 is 77.9 Å². The van der Waals surface area contributed by atoms with Crippen LogP contribution in [0.3, 0.4) is 0 Å². The van der Waals surface area contributed by atoms with Crippen molar-refractivity contribution in [2.24, 2.45) is 10.8 Å². The number of benzene rings is 2. The second-order valence-corrected chi connectivity index (χ2v) is 14.0. The molecule has 4 nitrogen and oxygen atoms in total. The molecular formula is C28H26Cl2F2N2O2S2. The summed E-state index contributed by atoms with van der Waals surface area (Å²) in [6.45, 7) is 6.80. The second kappa shape index (κ2) is 10.0. The van der Waals surface area contributed by atoms with Crippen molar-refractivity contribution in [1.82, 2.24) is 10.6 Å². The van der Waals surface area contributed by atoms with Crippen molar-refractivity contribution in [2.75, 3.05) is 6.54 Å². The first-order valence-electron chi connectivity index (χ1n) is 12.2. The number of carbonyl (C=O) groups is 2. The van der Waals surface area contributed by atoms with Crippen LogP contribution in [-0.4, -0.2) is 24.4 Å². The van der Waals surface area contributed by atoms with E-state index in [4.69, 9.17) is 23.2 Å². The number of rotatable bonds is 5. The number of amides is 2. The Labute approximate surface area is 237 Å². The summed E-state index contributed by atoms with van der Waals surface area (Å²) >= 11 is 15.3. The molecule has 38 heavy (non-hydrogen) atoms. The lowest BCUT2D eigenvalue weighted by Crippen LogP contribution is -2.50. The summed E-state index contributed by atoms with van der Waals surface area (Å²) in [4.78, 5) is 27.0. The topological polar surface area (TPSA) is 58.2 Å². The molecule has 1 saturated carbocycles. The first-order valence-corrected chi connectivity index (χ1v) is 14.6. The second-order valence-electron chi connectivity index (χ2n) is 11.2. The minimum absolute atomic E-state index is 0.0878. The maximum Gasteiger partial charge on any atom is 0.263 e. The Kier molecular flexibility index (Phi) is 7.22. The van der Waals surface area contributed by atoms with Crippen molar-refractivity contribution in [1.29, 1.82) is 0 Å². The minimum Gasteiger partial charge on any atom is -0.351 e. The predicted octanol–water partition coefficient (Wildman–Crippen LogP) is 8.45. The van der Waals surface area contributed by atoms with E-state index in [2.05, 4.69) is 31.4 Å². The zero-order valence-electron chi connectivity index (χ0n) is 21.0. The number of fused-ring (bicyclic) bond motifs is 2. The van der Waals surface area contributed by atoms with Gasteiger partial charge < -0.3 is 10.6 Å². The van der Waals surface area contributed by atoms with Crippen molar-refractivity contribution < 1.29 is 18.4 Å². The maximum atomic E-state index is 13.7. The first-order chi connectivity index (χ1) is 17.8. The fourth-order valence-electron chi connectivity index (χ4n) is 5.87. The molecule has 4 aromatic rings. The molecule has 0 unspecified atom stereocenters. The zero-order valence-corrected chi connectivity index (χ0v) is 24.2. The van der Waals surface area contributed by atoms with Gasteiger partial charge in [-0.05, 0) is 66.5 Å². The number of nitrogens with one attached hydrogen (secondary N) is 2. The Morgan fingerprint density at radius 1 is 0.895 bits per heavy atom. The fraction of sp³-hybridized carbons (Fsp3) is 0.357. The zero-order chi connectivity index (χ0) is 27.4. The van der Waals surface area contributed by atoms with E-state index in [0.29, 0.717) is 52.9 Å². The molecule has 2 aromatic carbocycles. The van der Waals surface area contributed by atoms with E-state index in [9.17, 15) is 18.4 Å². The van der Waals surface area contributed by atoms with Gasteiger partial charge in [0, 0.05) is 32.8 Å². The van der Waals surface area contributed by atoms with Gasteiger partial charge in [-0.1, -0.05) is 44.0 Å². The van der Waals surface area contributed by atoms with Crippen LogP contribution in [0.4, 0.5) is 8.78 Å². The molecule has 10 heteroatoms. The molecule has 2 atom stereocenters. The molecule has 0 saturated heterocycles. The summed E-state index contributed by atoms with van der Waals surface area (Å²) in [5, 5.41) is 8.12. The van der Waals surface area contributed by atoms with E-state index in [1.165, 1.54) is 46.9 Å². The normalized spacial score (nSPS) is 21.1. The van der Waals surface area contributed by atoms with Crippen LogP contribution < -0.4 is 10.6 Å². The van der Waals surface area contributed by atoms with Crippen molar-refractivity contribution in [3.05, 3.63) is 67.8 Å². The average Bonchev–Trinajstić information content (AvgIpc) is 3.32. The van der Waals surface area contributed by atoms with Crippen LogP contribution in [0.1, 0.15) is 59.4 Å². The lowest BCUT2D eigenvalue weighted by Gasteiger charge is -2.47. The molecule has 0 bridgehead atoms. The summed E-state index contributed by atoms with van der Waals surface area (Å²) in [7, 11) is 0. The highest BCUT2D eigenvalue weighted by Crippen LogP contribution is 2.46. The van der Waals surface area contributed by atoms with Gasteiger partial charge in [-0.15, -0.1) is 22.7 Å². The molecule has 1 aliphatic rings. The van der Waals surface area contributed by atoms with Gasteiger partial charge in [-0.3, -0.25) is 9.59 Å². The molecule has 1 fully saturated rings. The van der Waals surface area contributed by atoms with Crippen LogP contribution in [-0.2, 0) is 0 Å². The van der Waals surface area contributed by atoms with Crippen LogP contribution in [0, 0.1) is 22.5 Å². The average molecular weight is 596 g/mol. The van der Waals surface area contributed by atoms with E-state index in [-0.39, 0.29) is 40.3 Å². The molecule has 2 heterocycles. The van der Waals surface area contributed by atoms with Crippen LogP contribution in [0.25, 0.3) is 20.2 Å². The van der Waals surface area contributed by atoms with Gasteiger partial charge in [0.15, 0.2) is 0 Å². The number of carbonyl (C=O) groups excluding carboxylic acids is 2. The van der Waals surface area contributed by atoms with E-state index < -0.39 is 0 Å².